The first-order valence-corrected chi connectivity index (χ1v) is 10.4. The fraction of sp³-hybridized carbons (Fsp3) is 0.348. The van der Waals surface area contributed by atoms with Crippen LogP contribution in [0.1, 0.15) is 58.8 Å². The lowest BCUT2D eigenvalue weighted by Gasteiger charge is -2.28. The van der Waals surface area contributed by atoms with Crippen molar-refractivity contribution in [2.45, 2.75) is 44.1 Å². The van der Waals surface area contributed by atoms with Crippen LogP contribution in [0.15, 0.2) is 54.6 Å². The van der Waals surface area contributed by atoms with Crippen molar-refractivity contribution in [3.05, 3.63) is 69.9 Å². The van der Waals surface area contributed by atoms with Crippen molar-refractivity contribution in [3.63, 3.8) is 0 Å². The number of amides is 1. The molecule has 27 heavy (non-hydrogen) atoms. The molecular weight excluding hydrogens is 354 g/mol. The van der Waals surface area contributed by atoms with E-state index in [9.17, 15) is 9.90 Å². The van der Waals surface area contributed by atoms with Gasteiger partial charge in [0.25, 0.3) is 5.91 Å². The van der Waals surface area contributed by atoms with E-state index in [4.69, 9.17) is 0 Å². The molecule has 3 nitrogen and oxygen atoms in total. The molecule has 1 amide bonds. The Balaban J connectivity index is 1.57. The molecule has 1 saturated carbocycles. The predicted octanol–water partition coefficient (Wildman–Crippen LogP) is 5.20. The number of carbonyl (C=O) groups is 1. The van der Waals surface area contributed by atoms with Crippen molar-refractivity contribution >= 4 is 28.0 Å². The molecule has 4 rings (SSSR count). The van der Waals surface area contributed by atoms with E-state index < -0.39 is 6.10 Å². The second-order valence-corrected chi connectivity index (χ2v) is 8.69. The van der Waals surface area contributed by atoms with E-state index in [-0.39, 0.29) is 11.3 Å². The second-order valence-electron chi connectivity index (χ2n) is 7.57. The summed E-state index contributed by atoms with van der Waals surface area (Å²) in [5.41, 5.74) is 0.731. The number of carbonyl (C=O) groups excluding carboxylic acids is 1. The summed E-state index contributed by atoms with van der Waals surface area (Å²) in [6, 6.07) is 18.0. The predicted molar refractivity (Wildman–Crippen MR) is 111 cm³/mol. The average molecular weight is 380 g/mol. The molecule has 0 radical (unpaired) electrons. The Kier molecular flexibility index (Phi) is 5.02. The Bertz CT molecular complexity index is 948. The van der Waals surface area contributed by atoms with E-state index in [0.29, 0.717) is 6.54 Å². The molecule has 0 saturated heterocycles. The highest BCUT2D eigenvalue weighted by molar-refractivity contribution is 7.12. The molecule has 1 fully saturated rings. The summed E-state index contributed by atoms with van der Waals surface area (Å²) in [4.78, 5) is 15.2. The van der Waals surface area contributed by atoms with Gasteiger partial charge in [0.15, 0.2) is 0 Å². The fourth-order valence-electron chi connectivity index (χ4n) is 4.19. The molecule has 3 aromatic rings. The molecule has 2 N–H and O–H groups in total. The minimum Gasteiger partial charge on any atom is -0.388 e. The molecule has 140 valence electrons. The lowest BCUT2D eigenvalue weighted by molar-refractivity contribution is 0.0945. The average Bonchev–Trinajstić information content (AvgIpc) is 3.36. The summed E-state index contributed by atoms with van der Waals surface area (Å²) >= 11 is 1.69. The van der Waals surface area contributed by atoms with Crippen LogP contribution in [-0.4, -0.2) is 17.6 Å². The highest BCUT2D eigenvalue weighted by Gasteiger charge is 2.37. The lowest BCUT2D eigenvalue weighted by Crippen LogP contribution is -2.38. The van der Waals surface area contributed by atoms with Crippen LogP contribution in [0.5, 0.6) is 0 Å². The monoisotopic (exact) mass is 379 g/mol. The van der Waals surface area contributed by atoms with Gasteiger partial charge in [-0.1, -0.05) is 49.2 Å². The van der Waals surface area contributed by atoms with E-state index in [1.165, 1.54) is 17.7 Å². The van der Waals surface area contributed by atoms with Crippen LogP contribution >= 0.6 is 11.3 Å². The highest BCUT2D eigenvalue weighted by atomic mass is 32.1. The first-order valence-electron chi connectivity index (χ1n) is 9.63. The van der Waals surface area contributed by atoms with E-state index in [1.54, 1.807) is 18.3 Å². The van der Waals surface area contributed by atoms with Crippen LogP contribution in [0.3, 0.4) is 0 Å². The van der Waals surface area contributed by atoms with Gasteiger partial charge in [-0.15, -0.1) is 11.3 Å². The summed E-state index contributed by atoms with van der Waals surface area (Å²) < 4.78 is 0. The smallest absolute Gasteiger partial charge is 0.251 e. The SMILES string of the molecule is CC(O)c1ccc(C2(CNC(=O)c3cccc4ccccc34)CCCC2)s1. The first-order chi connectivity index (χ1) is 13.1. The van der Waals surface area contributed by atoms with E-state index in [0.717, 1.165) is 34.1 Å². The van der Waals surface area contributed by atoms with Crippen LogP contribution < -0.4 is 5.32 Å². The van der Waals surface area contributed by atoms with Gasteiger partial charge in [-0.3, -0.25) is 4.79 Å². The topological polar surface area (TPSA) is 49.3 Å². The zero-order chi connectivity index (χ0) is 18.9. The molecule has 2 aromatic carbocycles. The third-order valence-electron chi connectivity index (χ3n) is 5.74. The maximum absolute atomic E-state index is 13.0. The minimum atomic E-state index is -0.438. The molecule has 0 spiro atoms. The number of nitrogens with one attached hydrogen (secondary N) is 1. The number of aliphatic hydroxyl groups excluding tert-OH is 1. The molecular formula is C23H25NO2S. The second kappa shape index (κ2) is 7.45. The van der Waals surface area contributed by atoms with Gasteiger partial charge in [0.2, 0.25) is 0 Å². The molecule has 0 bridgehead atoms. The van der Waals surface area contributed by atoms with Crippen molar-refractivity contribution < 1.29 is 9.90 Å². The van der Waals surface area contributed by atoms with E-state index in [1.807, 2.05) is 48.5 Å². The van der Waals surface area contributed by atoms with E-state index >= 15 is 0 Å². The summed E-state index contributed by atoms with van der Waals surface area (Å²) in [5, 5.41) is 15.2. The highest BCUT2D eigenvalue weighted by Crippen LogP contribution is 2.44. The molecule has 1 aliphatic rings. The fourth-order valence-corrected chi connectivity index (χ4v) is 5.38. The van der Waals surface area contributed by atoms with Gasteiger partial charge in [0.1, 0.15) is 0 Å². The zero-order valence-electron chi connectivity index (χ0n) is 15.6. The number of benzene rings is 2. The minimum absolute atomic E-state index is 0.00193. The van der Waals surface area contributed by atoms with Gasteiger partial charge in [-0.05, 0) is 48.7 Å². The summed E-state index contributed by atoms with van der Waals surface area (Å²) in [5.74, 6) is -0.00891. The lowest BCUT2D eigenvalue weighted by atomic mass is 9.84. The van der Waals surface area contributed by atoms with Gasteiger partial charge >= 0.3 is 0 Å². The van der Waals surface area contributed by atoms with Crippen LogP contribution in [0.2, 0.25) is 0 Å². The maximum atomic E-state index is 13.0. The first kappa shape index (κ1) is 18.2. The summed E-state index contributed by atoms with van der Waals surface area (Å²) in [6.45, 7) is 2.45. The largest absolute Gasteiger partial charge is 0.388 e. The Hall–Kier alpha value is -2.17. The van der Waals surface area contributed by atoms with Crippen LogP contribution in [0.4, 0.5) is 0 Å². The van der Waals surface area contributed by atoms with Gasteiger partial charge in [0.05, 0.1) is 6.10 Å². The molecule has 1 heterocycles. The molecule has 1 aromatic heterocycles. The maximum Gasteiger partial charge on any atom is 0.251 e. The van der Waals surface area contributed by atoms with Gasteiger partial charge in [-0.2, -0.15) is 0 Å². The normalized spacial score (nSPS) is 17.1. The van der Waals surface area contributed by atoms with Gasteiger partial charge < -0.3 is 10.4 Å². The number of aliphatic hydroxyl groups is 1. The quantitative estimate of drug-likeness (QED) is 0.640. The van der Waals surface area contributed by atoms with Crippen LogP contribution in [0.25, 0.3) is 10.8 Å². The van der Waals surface area contributed by atoms with Crippen LogP contribution in [0, 0.1) is 0 Å². The Morgan fingerprint density at radius 1 is 1.11 bits per heavy atom. The molecule has 1 atom stereocenters. The third-order valence-corrected chi connectivity index (χ3v) is 7.25. The van der Waals surface area contributed by atoms with Gasteiger partial charge in [-0.25, -0.2) is 0 Å². The van der Waals surface area contributed by atoms with Crippen LogP contribution in [-0.2, 0) is 5.41 Å². The number of fused-ring (bicyclic) bond motifs is 1. The summed E-state index contributed by atoms with van der Waals surface area (Å²) in [6.07, 6.45) is 4.11. The van der Waals surface area contributed by atoms with Crippen molar-refractivity contribution in [2.75, 3.05) is 6.54 Å². The number of rotatable bonds is 5. The summed E-state index contributed by atoms with van der Waals surface area (Å²) in [7, 11) is 0. The third kappa shape index (κ3) is 3.52. The standard InChI is InChI=1S/C23H25NO2S/c1-16(25)20-11-12-21(27-20)23(13-4-5-14-23)15-24-22(26)19-10-6-8-17-7-2-3-9-18(17)19/h2-3,6-12,16,25H,4-5,13-15H2,1H3,(H,24,26). The molecule has 1 unspecified atom stereocenters. The van der Waals surface area contributed by atoms with Crippen molar-refractivity contribution in [1.29, 1.82) is 0 Å². The molecule has 0 aliphatic heterocycles. The Labute approximate surface area is 164 Å². The molecule has 1 aliphatic carbocycles. The Morgan fingerprint density at radius 3 is 2.59 bits per heavy atom. The number of hydrogen-bond acceptors (Lipinski definition) is 3. The van der Waals surface area contributed by atoms with Crippen molar-refractivity contribution in [2.24, 2.45) is 0 Å². The van der Waals surface area contributed by atoms with Crippen molar-refractivity contribution in [3.8, 4) is 0 Å². The van der Waals surface area contributed by atoms with Gasteiger partial charge in [0, 0.05) is 27.3 Å². The zero-order valence-corrected chi connectivity index (χ0v) is 16.4. The van der Waals surface area contributed by atoms with E-state index in [2.05, 4.69) is 11.4 Å². The van der Waals surface area contributed by atoms with Crippen molar-refractivity contribution in [1.82, 2.24) is 5.32 Å². The number of hydrogen-bond donors (Lipinski definition) is 2. The Morgan fingerprint density at radius 2 is 1.85 bits per heavy atom. The molecule has 4 heteroatoms. The number of thiophene rings is 1.